The molecule has 138 valence electrons. The Kier molecular flexibility index (Phi) is 4.72. The number of nitrogens with one attached hydrogen (secondary N) is 1. The lowest BCUT2D eigenvalue weighted by atomic mass is 9.93. The largest absolute Gasteiger partial charge is 0.352 e. The number of carbonyl (C=O) groups excluding carboxylic acids is 1. The lowest BCUT2D eigenvalue weighted by molar-refractivity contribution is -0.123. The molecule has 2 heterocycles. The summed E-state index contributed by atoms with van der Waals surface area (Å²) in [7, 11) is 0. The molecule has 0 unspecified atom stereocenters. The van der Waals surface area contributed by atoms with Gasteiger partial charge in [0, 0.05) is 22.7 Å². The highest BCUT2D eigenvalue weighted by molar-refractivity contribution is 6.30. The molecule has 1 N–H and O–H groups in total. The molecule has 2 aromatic heterocycles. The third-order valence-corrected chi connectivity index (χ3v) is 4.59. The Bertz CT molecular complexity index is 1040. The van der Waals surface area contributed by atoms with Gasteiger partial charge >= 0.3 is 0 Å². The molecular formula is C18H16ClN5O3. The van der Waals surface area contributed by atoms with Crippen molar-refractivity contribution in [2.24, 2.45) is 0 Å². The summed E-state index contributed by atoms with van der Waals surface area (Å²) in [4.78, 5) is 28.4. The van der Waals surface area contributed by atoms with Crippen LogP contribution in [-0.4, -0.2) is 31.9 Å². The Morgan fingerprint density at radius 3 is 2.89 bits per heavy atom. The van der Waals surface area contributed by atoms with Crippen LogP contribution in [0.5, 0.6) is 0 Å². The summed E-state index contributed by atoms with van der Waals surface area (Å²) < 4.78 is 6.34. The number of aromatic nitrogens is 4. The van der Waals surface area contributed by atoms with Gasteiger partial charge in [0.1, 0.15) is 12.2 Å². The van der Waals surface area contributed by atoms with E-state index in [9.17, 15) is 9.59 Å². The molecule has 0 atom stereocenters. The maximum atomic E-state index is 12.1. The predicted octanol–water partition coefficient (Wildman–Crippen LogP) is 2.28. The number of amides is 1. The lowest BCUT2D eigenvalue weighted by Gasteiger charge is -2.26. The molecule has 0 radical (unpaired) electrons. The van der Waals surface area contributed by atoms with Crippen molar-refractivity contribution in [3.05, 3.63) is 51.8 Å². The first-order valence-electron chi connectivity index (χ1n) is 8.56. The van der Waals surface area contributed by atoms with Crippen molar-refractivity contribution in [2.75, 3.05) is 0 Å². The van der Waals surface area contributed by atoms with Gasteiger partial charge in [0.05, 0.1) is 0 Å². The lowest BCUT2D eigenvalue weighted by Crippen LogP contribution is -2.42. The second kappa shape index (κ2) is 7.32. The molecule has 1 aliphatic rings. The zero-order chi connectivity index (χ0) is 18.8. The van der Waals surface area contributed by atoms with Gasteiger partial charge < -0.3 is 9.84 Å². The van der Waals surface area contributed by atoms with Crippen molar-refractivity contribution in [3.8, 4) is 23.0 Å². The molecule has 0 spiro atoms. The summed E-state index contributed by atoms with van der Waals surface area (Å²) in [6, 6.07) is 10.1. The summed E-state index contributed by atoms with van der Waals surface area (Å²) in [5, 5.41) is 11.5. The minimum atomic E-state index is -0.378. The SMILES string of the molecule is O=C(Cn1nc(-c2nc(-c3cccc(Cl)c3)no2)ccc1=O)NC1CCC1. The Balaban J connectivity index is 1.55. The zero-order valence-electron chi connectivity index (χ0n) is 14.3. The van der Waals surface area contributed by atoms with Gasteiger partial charge in [-0.15, -0.1) is 0 Å². The minimum Gasteiger partial charge on any atom is -0.352 e. The molecule has 9 heteroatoms. The molecular weight excluding hydrogens is 370 g/mol. The van der Waals surface area contributed by atoms with Gasteiger partial charge in [-0.2, -0.15) is 10.1 Å². The minimum absolute atomic E-state index is 0.151. The van der Waals surface area contributed by atoms with Crippen molar-refractivity contribution in [1.29, 1.82) is 0 Å². The molecule has 8 nitrogen and oxygen atoms in total. The van der Waals surface area contributed by atoms with Crippen molar-refractivity contribution >= 4 is 17.5 Å². The van der Waals surface area contributed by atoms with Crippen LogP contribution in [0.3, 0.4) is 0 Å². The third kappa shape index (κ3) is 3.90. The molecule has 27 heavy (non-hydrogen) atoms. The predicted molar refractivity (Wildman–Crippen MR) is 98.0 cm³/mol. The highest BCUT2D eigenvalue weighted by Gasteiger charge is 2.20. The molecule has 4 rings (SSSR count). The average Bonchev–Trinajstić information content (AvgIpc) is 3.10. The van der Waals surface area contributed by atoms with E-state index in [2.05, 4.69) is 20.6 Å². The topological polar surface area (TPSA) is 103 Å². The number of rotatable bonds is 5. The maximum absolute atomic E-state index is 12.1. The van der Waals surface area contributed by atoms with Crippen molar-refractivity contribution in [1.82, 2.24) is 25.2 Å². The van der Waals surface area contributed by atoms with E-state index < -0.39 is 0 Å². The molecule has 1 aliphatic carbocycles. The van der Waals surface area contributed by atoms with Gasteiger partial charge in [0.2, 0.25) is 11.7 Å². The quantitative estimate of drug-likeness (QED) is 0.722. The molecule has 0 aliphatic heterocycles. The fourth-order valence-electron chi connectivity index (χ4n) is 2.71. The fraction of sp³-hybridized carbons (Fsp3) is 0.278. The van der Waals surface area contributed by atoms with E-state index in [1.807, 2.05) is 0 Å². The van der Waals surface area contributed by atoms with E-state index in [0.29, 0.717) is 22.1 Å². The number of nitrogens with zero attached hydrogens (tertiary/aromatic N) is 4. The molecule has 0 bridgehead atoms. The van der Waals surface area contributed by atoms with Crippen LogP contribution in [0.25, 0.3) is 23.0 Å². The van der Waals surface area contributed by atoms with Crippen LogP contribution >= 0.6 is 11.6 Å². The second-order valence-electron chi connectivity index (χ2n) is 6.34. The van der Waals surface area contributed by atoms with E-state index in [-0.39, 0.29) is 29.9 Å². The second-order valence-corrected chi connectivity index (χ2v) is 6.78. The molecule has 1 saturated carbocycles. The number of carbonyl (C=O) groups is 1. The van der Waals surface area contributed by atoms with E-state index >= 15 is 0 Å². The highest BCUT2D eigenvalue weighted by Crippen LogP contribution is 2.22. The van der Waals surface area contributed by atoms with E-state index in [1.54, 1.807) is 24.3 Å². The summed E-state index contributed by atoms with van der Waals surface area (Å²) >= 11 is 5.98. The normalized spacial score (nSPS) is 14.0. The number of halogens is 1. The van der Waals surface area contributed by atoms with Crippen LogP contribution in [0.4, 0.5) is 0 Å². The Labute approximate surface area is 159 Å². The maximum Gasteiger partial charge on any atom is 0.278 e. The number of benzene rings is 1. The average molecular weight is 386 g/mol. The van der Waals surface area contributed by atoms with Crippen LogP contribution in [0.2, 0.25) is 5.02 Å². The van der Waals surface area contributed by atoms with Crippen LogP contribution in [0, 0.1) is 0 Å². The first kappa shape index (κ1) is 17.4. The van der Waals surface area contributed by atoms with Crippen LogP contribution < -0.4 is 10.9 Å². The van der Waals surface area contributed by atoms with Crippen molar-refractivity contribution in [2.45, 2.75) is 31.8 Å². The molecule has 3 aromatic rings. The molecule has 1 aromatic carbocycles. The van der Waals surface area contributed by atoms with Crippen LogP contribution in [0.1, 0.15) is 19.3 Å². The van der Waals surface area contributed by atoms with Gasteiger partial charge in [-0.3, -0.25) is 9.59 Å². The van der Waals surface area contributed by atoms with Crippen molar-refractivity contribution < 1.29 is 9.32 Å². The fourth-order valence-corrected chi connectivity index (χ4v) is 2.90. The highest BCUT2D eigenvalue weighted by atomic mass is 35.5. The van der Waals surface area contributed by atoms with Gasteiger partial charge in [0.15, 0.2) is 0 Å². The Morgan fingerprint density at radius 1 is 1.30 bits per heavy atom. The monoisotopic (exact) mass is 385 g/mol. The van der Waals surface area contributed by atoms with Gasteiger partial charge in [0.25, 0.3) is 11.4 Å². The summed E-state index contributed by atoms with van der Waals surface area (Å²) in [5.74, 6) is 0.268. The molecule has 0 saturated heterocycles. The summed E-state index contributed by atoms with van der Waals surface area (Å²) in [6.07, 6.45) is 3.06. The van der Waals surface area contributed by atoms with Crippen LogP contribution in [-0.2, 0) is 11.3 Å². The van der Waals surface area contributed by atoms with E-state index in [0.717, 1.165) is 23.9 Å². The van der Waals surface area contributed by atoms with Gasteiger partial charge in [-0.05, 0) is 37.5 Å². The first-order chi connectivity index (χ1) is 13.1. The van der Waals surface area contributed by atoms with Crippen molar-refractivity contribution in [3.63, 3.8) is 0 Å². The van der Waals surface area contributed by atoms with Crippen LogP contribution in [0.15, 0.2) is 45.7 Å². The summed E-state index contributed by atoms with van der Waals surface area (Å²) in [6.45, 7) is -0.154. The number of hydrogen-bond donors (Lipinski definition) is 1. The molecule has 1 fully saturated rings. The van der Waals surface area contributed by atoms with E-state index in [1.165, 1.54) is 12.1 Å². The first-order valence-corrected chi connectivity index (χ1v) is 8.94. The van der Waals surface area contributed by atoms with Gasteiger partial charge in [-0.1, -0.05) is 28.9 Å². The smallest absolute Gasteiger partial charge is 0.278 e. The third-order valence-electron chi connectivity index (χ3n) is 4.36. The summed E-state index contributed by atoms with van der Waals surface area (Å²) in [5.41, 5.74) is 0.634. The Hall–Kier alpha value is -3.00. The standard InChI is InChI=1S/C18H16ClN5O3/c19-12-4-1-3-11(9-12)17-21-18(27-23-17)14-7-8-16(26)24(22-14)10-15(25)20-13-5-2-6-13/h1,3-4,7-9,13H,2,5-6,10H2,(H,20,25). The Morgan fingerprint density at radius 2 is 2.15 bits per heavy atom. The van der Waals surface area contributed by atoms with E-state index in [4.69, 9.17) is 16.1 Å². The number of hydrogen-bond acceptors (Lipinski definition) is 6. The zero-order valence-corrected chi connectivity index (χ0v) is 15.0. The van der Waals surface area contributed by atoms with Gasteiger partial charge in [-0.25, -0.2) is 4.68 Å². The molecule has 1 amide bonds.